The quantitative estimate of drug-likeness (QED) is 0.671. The number of benzene rings is 1. The van der Waals surface area contributed by atoms with Crippen LogP contribution in [-0.2, 0) is 6.42 Å². The van der Waals surface area contributed by atoms with E-state index in [4.69, 9.17) is 0 Å². The fourth-order valence-corrected chi connectivity index (χ4v) is 2.84. The lowest BCUT2D eigenvalue weighted by molar-refractivity contribution is 0.375. The molecule has 0 N–H and O–H groups in total. The topological polar surface area (TPSA) is 0 Å². The zero-order valence-electron chi connectivity index (χ0n) is 9.08. The Balaban J connectivity index is 1.97. The van der Waals surface area contributed by atoms with Crippen molar-refractivity contribution in [1.82, 2.24) is 0 Å². The van der Waals surface area contributed by atoms with Crippen molar-refractivity contribution in [1.29, 1.82) is 0 Å². The van der Waals surface area contributed by atoms with Gasteiger partial charge in [0.1, 0.15) is 0 Å². The Labute approximate surface area is 87.3 Å². The smallest absolute Gasteiger partial charge is 0.0248 e. The van der Waals surface area contributed by atoms with Crippen LogP contribution < -0.4 is 0 Å². The predicted octanol–water partition coefficient (Wildman–Crippen LogP) is 4.06. The summed E-state index contributed by atoms with van der Waals surface area (Å²) < 4.78 is 0. The Kier molecular flexibility index (Phi) is 3.23. The van der Waals surface area contributed by atoms with Crippen LogP contribution in [0.4, 0.5) is 0 Å². The molecule has 0 heterocycles. The van der Waals surface area contributed by atoms with Gasteiger partial charge in [-0.05, 0) is 30.2 Å². The van der Waals surface area contributed by atoms with E-state index in [0.717, 1.165) is 11.8 Å². The zero-order valence-corrected chi connectivity index (χ0v) is 9.08. The Bertz CT molecular complexity index is 263. The van der Waals surface area contributed by atoms with Crippen LogP contribution in [-0.4, -0.2) is 0 Å². The van der Waals surface area contributed by atoms with Crippen molar-refractivity contribution in [3.63, 3.8) is 0 Å². The third-order valence-electron chi connectivity index (χ3n) is 3.68. The lowest BCUT2D eigenvalue weighted by atomic mass is 9.88. The van der Waals surface area contributed by atoms with Gasteiger partial charge in [0.15, 0.2) is 0 Å². The highest BCUT2D eigenvalue weighted by Crippen LogP contribution is 2.35. The van der Waals surface area contributed by atoms with E-state index in [9.17, 15) is 0 Å². The molecule has 14 heavy (non-hydrogen) atoms. The first-order chi connectivity index (χ1) is 6.90. The van der Waals surface area contributed by atoms with Crippen LogP contribution in [0.25, 0.3) is 0 Å². The summed E-state index contributed by atoms with van der Waals surface area (Å²) in [6, 6.07) is 11.0. The largest absolute Gasteiger partial charge is 0.0651 e. The lowest BCUT2D eigenvalue weighted by Crippen LogP contribution is -2.09. The van der Waals surface area contributed by atoms with Gasteiger partial charge in [0.05, 0.1) is 0 Å². The summed E-state index contributed by atoms with van der Waals surface area (Å²) in [5, 5.41) is 0. The molecule has 0 heteroatoms. The number of hydrogen-bond acceptors (Lipinski definition) is 0. The van der Waals surface area contributed by atoms with Gasteiger partial charge in [0.2, 0.25) is 0 Å². The molecule has 2 unspecified atom stereocenters. The van der Waals surface area contributed by atoms with Crippen molar-refractivity contribution in [3.05, 3.63) is 35.9 Å². The summed E-state index contributed by atoms with van der Waals surface area (Å²) in [5.74, 6) is 1.96. The van der Waals surface area contributed by atoms with Crippen LogP contribution in [0.5, 0.6) is 0 Å². The second-order valence-electron chi connectivity index (χ2n) is 4.55. The third kappa shape index (κ3) is 2.17. The van der Waals surface area contributed by atoms with E-state index >= 15 is 0 Å². The SMILES string of the molecule is CCC1CCCC1Cc1ccccc1. The standard InChI is InChI=1S/C14H20/c1-2-13-9-6-10-14(13)11-12-7-4-3-5-8-12/h3-5,7-8,13-14H,2,6,9-11H2,1H3. The Morgan fingerprint density at radius 3 is 2.50 bits per heavy atom. The van der Waals surface area contributed by atoms with E-state index in [-0.39, 0.29) is 0 Å². The molecule has 1 fully saturated rings. The fraction of sp³-hybridized carbons (Fsp3) is 0.571. The highest BCUT2D eigenvalue weighted by atomic mass is 14.3. The Morgan fingerprint density at radius 2 is 1.79 bits per heavy atom. The second-order valence-corrected chi connectivity index (χ2v) is 4.55. The van der Waals surface area contributed by atoms with Crippen LogP contribution in [0.3, 0.4) is 0 Å². The predicted molar refractivity (Wildman–Crippen MR) is 61.3 cm³/mol. The lowest BCUT2D eigenvalue weighted by Gasteiger charge is -2.17. The maximum Gasteiger partial charge on any atom is -0.0248 e. The summed E-state index contributed by atoms with van der Waals surface area (Å²) in [5.41, 5.74) is 1.53. The van der Waals surface area contributed by atoms with Gasteiger partial charge in [-0.2, -0.15) is 0 Å². The summed E-state index contributed by atoms with van der Waals surface area (Å²) in [7, 11) is 0. The molecule has 0 amide bonds. The molecule has 0 spiro atoms. The molecular weight excluding hydrogens is 168 g/mol. The molecule has 1 saturated carbocycles. The molecule has 0 bridgehead atoms. The third-order valence-corrected chi connectivity index (χ3v) is 3.68. The fourth-order valence-electron chi connectivity index (χ4n) is 2.84. The summed E-state index contributed by atoms with van der Waals surface area (Å²) in [4.78, 5) is 0. The van der Waals surface area contributed by atoms with E-state index in [1.807, 2.05) is 0 Å². The van der Waals surface area contributed by atoms with Crippen molar-refractivity contribution in [2.45, 2.75) is 39.0 Å². The first-order valence-electron chi connectivity index (χ1n) is 5.94. The molecule has 2 atom stereocenters. The van der Waals surface area contributed by atoms with Gasteiger partial charge in [0, 0.05) is 0 Å². The Morgan fingerprint density at radius 1 is 1.07 bits per heavy atom. The summed E-state index contributed by atoms with van der Waals surface area (Å²) in [6.07, 6.45) is 7.05. The minimum atomic E-state index is 0.961. The first-order valence-corrected chi connectivity index (χ1v) is 5.94. The minimum absolute atomic E-state index is 0.961. The van der Waals surface area contributed by atoms with Crippen molar-refractivity contribution in [2.75, 3.05) is 0 Å². The van der Waals surface area contributed by atoms with E-state index in [1.54, 1.807) is 0 Å². The molecular formula is C14H20. The van der Waals surface area contributed by atoms with E-state index in [0.29, 0.717) is 0 Å². The highest BCUT2D eigenvalue weighted by molar-refractivity contribution is 5.15. The molecule has 0 radical (unpaired) electrons. The van der Waals surface area contributed by atoms with Gasteiger partial charge in [-0.15, -0.1) is 0 Å². The van der Waals surface area contributed by atoms with E-state index < -0.39 is 0 Å². The van der Waals surface area contributed by atoms with E-state index in [2.05, 4.69) is 37.3 Å². The van der Waals surface area contributed by atoms with Crippen LogP contribution in [0.2, 0.25) is 0 Å². The van der Waals surface area contributed by atoms with Crippen LogP contribution in [0.15, 0.2) is 30.3 Å². The van der Waals surface area contributed by atoms with Gasteiger partial charge < -0.3 is 0 Å². The maximum atomic E-state index is 2.34. The normalized spacial score (nSPS) is 26.6. The van der Waals surface area contributed by atoms with Crippen LogP contribution >= 0.6 is 0 Å². The second kappa shape index (κ2) is 4.63. The average molecular weight is 188 g/mol. The molecule has 2 rings (SSSR count). The summed E-state index contributed by atoms with van der Waals surface area (Å²) >= 11 is 0. The molecule has 1 aromatic rings. The monoisotopic (exact) mass is 188 g/mol. The zero-order chi connectivity index (χ0) is 9.80. The van der Waals surface area contributed by atoms with Crippen molar-refractivity contribution in [2.24, 2.45) is 11.8 Å². The highest BCUT2D eigenvalue weighted by Gasteiger charge is 2.25. The molecule has 0 saturated heterocycles. The molecule has 1 aromatic carbocycles. The van der Waals surface area contributed by atoms with Gasteiger partial charge >= 0.3 is 0 Å². The molecule has 76 valence electrons. The van der Waals surface area contributed by atoms with Gasteiger partial charge in [-0.1, -0.05) is 56.5 Å². The molecule has 1 aliphatic carbocycles. The van der Waals surface area contributed by atoms with Gasteiger partial charge in [-0.25, -0.2) is 0 Å². The van der Waals surface area contributed by atoms with Gasteiger partial charge in [-0.3, -0.25) is 0 Å². The molecule has 0 nitrogen and oxygen atoms in total. The molecule has 1 aliphatic rings. The Hall–Kier alpha value is -0.780. The van der Waals surface area contributed by atoms with Crippen LogP contribution in [0.1, 0.15) is 38.2 Å². The average Bonchev–Trinajstić information content (AvgIpc) is 2.67. The molecule has 0 aliphatic heterocycles. The van der Waals surface area contributed by atoms with Gasteiger partial charge in [0.25, 0.3) is 0 Å². The van der Waals surface area contributed by atoms with Crippen molar-refractivity contribution < 1.29 is 0 Å². The maximum absolute atomic E-state index is 2.34. The van der Waals surface area contributed by atoms with E-state index in [1.165, 1.54) is 37.7 Å². The number of rotatable bonds is 3. The van der Waals surface area contributed by atoms with Crippen molar-refractivity contribution in [3.8, 4) is 0 Å². The summed E-state index contributed by atoms with van der Waals surface area (Å²) in [6.45, 7) is 2.34. The van der Waals surface area contributed by atoms with Crippen molar-refractivity contribution >= 4 is 0 Å². The minimum Gasteiger partial charge on any atom is -0.0651 e. The first kappa shape index (κ1) is 9.76. The van der Waals surface area contributed by atoms with Crippen LogP contribution in [0, 0.1) is 11.8 Å². The molecule has 0 aromatic heterocycles. The number of hydrogen-bond donors (Lipinski definition) is 0.